The largest absolute Gasteiger partial charge is 0.375 e. The van der Waals surface area contributed by atoms with Crippen molar-refractivity contribution in [2.75, 3.05) is 20.3 Å². The van der Waals surface area contributed by atoms with E-state index < -0.39 is 0 Å². The molecule has 7 nitrogen and oxygen atoms in total. The Bertz CT molecular complexity index is 1160. The first-order valence-electron chi connectivity index (χ1n) is 11.0. The number of nitrogens with zero attached hydrogens (tertiary/aromatic N) is 3. The van der Waals surface area contributed by atoms with E-state index in [-0.39, 0.29) is 18.4 Å². The van der Waals surface area contributed by atoms with Crippen LogP contribution >= 0.6 is 11.3 Å². The first kappa shape index (κ1) is 24.5. The Morgan fingerprint density at radius 2 is 1.97 bits per heavy atom. The van der Waals surface area contributed by atoms with Gasteiger partial charge in [0.25, 0.3) is 5.91 Å². The van der Waals surface area contributed by atoms with E-state index in [4.69, 9.17) is 4.74 Å². The lowest BCUT2D eigenvalue weighted by Gasteiger charge is -2.11. The number of carbonyl (C=O) groups is 2. The lowest BCUT2D eigenvalue weighted by molar-refractivity contribution is -0.124. The van der Waals surface area contributed by atoms with Gasteiger partial charge in [-0.05, 0) is 42.5 Å². The van der Waals surface area contributed by atoms with Gasteiger partial charge in [-0.1, -0.05) is 38.1 Å². The molecule has 0 saturated heterocycles. The van der Waals surface area contributed by atoms with Gasteiger partial charge in [-0.15, -0.1) is 11.3 Å². The highest BCUT2D eigenvalue weighted by Gasteiger charge is 2.13. The molecule has 0 aliphatic heterocycles. The van der Waals surface area contributed by atoms with Crippen LogP contribution in [0.15, 0.2) is 53.0 Å². The predicted molar refractivity (Wildman–Crippen MR) is 130 cm³/mol. The molecular weight excluding hydrogens is 436 g/mol. The second-order valence-corrected chi connectivity index (χ2v) is 8.86. The zero-order valence-corrected chi connectivity index (χ0v) is 20.3. The summed E-state index contributed by atoms with van der Waals surface area (Å²) in [4.78, 5) is 33.8. The predicted octanol–water partition coefficient (Wildman–Crippen LogP) is 3.94. The molecule has 0 radical (unpaired) electrons. The smallest absolute Gasteiger partial charge is 0.281 e. The van der Waals surface area contributed by atoms with Gasteiger partial charge in [0.1, 0.15) is 6.61 Å². The number of nitrogens with one attached hydrogen (secondary N) is 1. The summed E-state index contributed by atoms with van der Waals surface area (Å²) in [6.45, 7) is 7.29. The first-order chi connectivity index (χ1) is 15.9. The van der Waals surface area contributed by atoms with Crippen molar-refractivity contribution in [2.45, 2.75) is 39.7 Å². The third-order valence-electron chi connectivity index (χ3n) is 5.26. The Morgan fingerprint density at radius 1 is 1.21 bits per heavy atom. The minimum absolute atomic E-state index is 0.0403. The maximum atomic E-state index is 12.9. The topological polar surface area (TPSA) is 85.6 Å². The van der Waals surface area contributed by atoms with Crippen LogP contribution in [0.4, 0.5) is 0 Å². The van der Waals surface area contributed by atoms with Gasteiger partial charge in [-0.3, -0.25) is 14.6 Å². The fourth-order valence-electron chi connectivity index (χ4n) is 3.41. The zero-order valence-electron chi connectivity index (χ0n) is 19.5. The normalized spacial score (nSPS) is 11.7. The maximum absolute atomic E-state index is 12.9. The van der Waals surface area contributed by atoms with E-state index >= 15 is 0 Å². The fourth-order valence-corrected chi connectivity index (χ4v) is 4.34. The Morgan fingerprint density at radius 3 is 2.64 bits per heavy atom. The number of ether oxygens (including phenoxy) is 1. The highest BCUT2D eigenvalue weighted by Crippen LogP contribution is 2.23. The molecule has 0 aliphatic rings. The van der Waals surface area contributed by atoms with Gasteiger partial charge in [0.05, 0.1) is 17.0 Å². The molecule has 33 heavy (non-hydrogen) atoms. The number of aromatic nitrogens is 2. The Balaban J connectivity index is 1.91. The van der Waals surface area contributed by atoms with Crippen LogP contribution in [-0.2, 0) is 16.1 Å². The third kappa shape index (κ3) is 6.46. The van der Waals surface area contributed by atoms with Crippen LogP contribution in [0.25, 0.3) is 11.3 Å². The standard InChI is InChI=1S/C25H30N4O3S/c1-17(2)19-8-10-20(11-9-19)22-16-33-25(28-24(31)21-7-5-12-26-18(21)3)29(22)14-6-13-27-23(30)15-32-4/h5,7-12,16-17H,6,13-15H2,1-4H3,(H,27,30). The average Bonchev–Trinajstić information content (AvgIpc) is 3.19. The van der Waals surface area contributed by atoms with E-state index in [0.717, 1.165) is 11.3 Å². The molecule has 2 amide bonds. The Kier molecular flexibility index (Phi) is 8.68. The van der Waals surface area contributed by atoms with E-state index in [1.54, 1.807) is 25.3 Å². The summed E-state index contributed by atoms with van der Waals surface area (Å²) in [5.41, 5.74) is 4.47. The Hall–Kier alpha value is -3.10. The van der Waals surface area contributed by atoms with Gasteiger partial charge >= 0.3 is 0 Å². The lowest BCUT2D eigenvalue weighted by Crippen LogP contribution is -2.29. The molecule has 0 unspecified atom stereocenters. The van der Waals surface area contributed by atoms with E-state index in [9.17, 15) is 9.59 Å². The van der Waals surface area contributed by atoms with Crippen molar-refractivity contribution in [1.82, 2.24) is 14.9 Å². The van der Waals surface area contributed by atoms with Gasteiger partial charge in [0.15, 0.2) is 4.80 Å². The second kappa shape index (κ2) is 11.7. The number of hydrogen-bond acceptors (Lipinski definition) is 5. The van der Waals surface area contributed by atoms with Crippen molar-refractivity contribution in [3.63, 3.8) is 0 Å². The molecule has 0 spiro atoms. The quantitative estimate of drug-likeness (QED) is 0.484. The van der Waals surface area contributed by atoms with Gasteiger partial charge in [0, 0.05) is 31.8 Å². The van der Waals surface area contributed by atoms with Crippen LogP contribution in [0.5, 0.6) is 0 Å². The summed E-state index contributed by atoms with van der Waals surface area (Å²) in [6, 6.07) is 11.9. The molecule has 174 valence electrons. The number of amides is 2. The van der Waals surface area contributed by atoms with Gasteiger partial charge in [-0.2, -0.15) is 4.99 Å². The minimum Gasteiger partial charge on any atom is -0.375 e. The van der Waals surface area contributed by atoms with Crippen LogP contribution in [0, 0.1) is 6.92 Å². The summed E-state index contributed by atoms with van der Waals surface area (Å²) in [7, 11) is 1.49. The van der Waals surface area contributed by atoms with E-state index in [2.05, 4.69) is 53.4 Å². The molecular formula is C25H30N4O3S. The van der Waals surface area contributed by atoms with E-state index in [0.29, 0.717) is 41.5 Å². The van der Waals surface area contributed by atoms with Crippen molar-refractivity contribution in [1.29, 1.82) is 0 Å². The van der Waals surface area contributed by atoms with Crippen LogP contribution in [0.1, 0.15) is 47.8 Å². The molecule has 3 rings (SSSR count). The molecule has 1 aromatic carbocycles. The lowest BCUT2D eigenvalue weighted by atomic mass is 10.0. The van der Waals surface area contributed by atoms with Gasteiger partial charge in [0.2, 0.25) is 5.91 Å². The summed E-state index contributed by atoms with van der Waals surface area (Å²) in [5.74, 6) is -0.00831. The highest BCUT2D eigenvalue weighted by atomic mass is 32.1. The first-order valence-corrected chi connectivity index (χ1v) is 11.8. The summed E-state index contributed by atoms with van der Waals surface area (Å²) in [6.07, 6.45) is 2.35. The van der Waals surface area contributed by atoms with E-state index in [1.165, 1.54) is 24.0 Å². The molecule has 3 aromatic rings. The third-order valence-corrected chi connectivity index (χ3v) is 6.13. The molecule has 2 heterocycles. The van der Waals surface area contributed by atoms with Crippen molar-refractivity contribution in [3.05, 3.63) is 69.6 Å². The Labute approximate surface area is 198 Å². The fraction of sp³-hybridized carbons (Fsp3) is 0.360. The summed E-state index contributed by atoms with van der Waals surface area (Å²) >= 11 is 1.43. The molecule has 2 aromatic heterocycles. The van der Waals surface area contributed by atoms with Crippen molar-refractivity contribution >= 4 is 23.2 Å². The number of thiazole rings is 1. The maximum Gasteiger partial charge on any atom is 0.281 e. The van der Waals surface area contributed by atoms with Crippen molar-refractivity contribution in [2.24, 2.45) is 4.99 Å². The molecule has 0 saturated carbocycles. The molecule has 0 aliphatic carbocycles. The number of aryl methyl sites for hydroxylation is 1. The number of methoxy groups -OCH3 is 1. The molecule has 0 bridgehead atoms. The number of rotatable bonds is 9. The summed E-state index contributed by atoms with van der Waals surface area (Å²) in [5, 5.41) is 4.86. The highest BCUT2D eigenvalue weighted by molar-refractivity contribution is 7.07. The average molecular weight is 467 g/mol. The van der Waals surface area contributed by atoms with Gasteiger partial charge in [-0.25, -0.2) is 0 Å². The van der Waals surface area contributed by atoms with Crippen molar-refractivity contribution in [3.8, 4) is 11.3 Å². The number of benzene rings is 1. The number of pyridine rings is 1. The van der Waals surface area contributed by atoms with Gasteiger partial charge < -0.3 is 14.6 Å². The van der Waals surface area contributed by atoms with Crippen LogP contribution in [-0.4, -0.2) is 41.6 Å². The minimum atomic E-state index is -0.314. The second-order valence-electron chi connectivity index (χ2n) is 8.02. The van der Waals surface area contributed by atoms with Crippen LogP contribution in [0.3, 0.4) is 0 Å². The molecule has 0 atom stereocenters. The number of carbonyl (C=O) groups excluding carboxylic acids is 2. The molecule has 1 N–H and O–H groups in total. The van der Waals surface area contributed by atoms with Crippen LogP contribution < -0.4 is 10.1 Å². The zero-order chi connectivity index (χ0) is 23.8. The molecule has 8 heteroatoms. The van der Waals surface area contributed by atoms with Crippen molar-refractivity contribution < 1.29 is 14.3 Å². The monoisotopic (exact) mass is 466 g/mol. The number of hydrogen-bond donors (Lipinski definition) is 1. The van der Waals surface area contributed by atoms with E-state index in [1.807, 2.05) is 9.95 Å². The SMILES string of the molecule is COCC(=O)NCCCn1c(-c2ccc(C(C)C)cc2)csc1=NC(=O)c1cccnc1C. The summed E-state index contributed by atoms with van der Waals surface area (Å²) < 4.78 is 6.89. The van der Waals surface area contributed by atoms with Crippen LogP contribution in [0.2, 0.25) is 0 Å². The molecule has 0 fully saturated rings.